The van der Waals surface area contributed by atoms with Crippen LogP contribution < -0.4 is 0 Å². The van der Waals surface area contributed by atoms with Crippen molar-refractivity contribution < 1.29 is 58.5 Å². The lowest BCUT2D eigenvalue weighted by atomic mass is 9.49. The number of hydrogen-bond acceptors (Lipinski definition) is 12. The summed E-state index contributed by atoms with van der Waals surface area (Å²) in [6.07, 6.45) is -6.16. The van der Waals surface area contributed by atoms with Crippen molar-refractivity contribution in [2.45, 2.75) is 94.7 Å². The zero-order valence-corrected chi connectivity index (χ0v) is 21.3. The molecule has 0 aromatic carbocycles. The molecule has 13 atom stereocenters. The number of fused-ring (bicyclic) bond motifs is 3. The maximum atomic E-state index is 13.2. The highest BCUT2D eigenvalue weighted by atomic mass is 16.7. The zero-order valence-electron chi connectivity index (χ0n) is 21.3. The van der Waals surface area contributed by atoms with Crippen molar-refractivity contribution in [3.63, 3.8) is 0 Å². The minimum atomic E-state index is -1.61. The molecule has 2 saturated heterocycles. The third-order valence-corrected chi connectivity index (χ3v) is 9.03. The Morgan fingerprint density at radius 2 is 1.92 bits per heavy atom. The molecule has 0 amide bonds. The number of carbonyl (C=O) groups is 2. The molecule has 0 bridgehead atoms. The molecule has 38 heavy (non-hydrogen) atoms. The van der Waals surface area contributed by atoms with E-state index in [2.05, 4.69) is 0 Å². The molecule has 212 valence electrons. The number of esters is 2. The molecular weight excluding hydrogens is 504 g/mol. The first-order valence-corrected chi connectivity index (χ1v) is 13.1. The third-order valence-electron chi connectivity index (χ3n) is 9.03. The summed E-state index contributed by atoms with van der Waals surface area (Å²) in [6.45, 7) is 2.61. The number of aliphatic hydroxyl groups excluding tert-OH is 5. The highest BCUT2D eigenvalue weighted by molar-refractivity contribution is 5.75. The van der Waals surface area contributed by atoms with E-state index in [1.165, 1.54) is 19.5 Å². The van der Waals surface area contributed by atoms with Crippen LogP contribution in [0.2, 0.25) is 0 Å². The van der Waals surface area contributed by atoms with E-state index in [-0.39, 0.29) is 18.3 Å². The van der Waals surface area contributed by atoms with Crippen LogP contribution in [-0.4, -0.2) is 93.1 Å². The second-order valence-electron chi connectivity index (χ2n) is 11.3. The largest absolute Gasteiger partial charge is 0.472 e. The molecule has 0 spiro atoms. The predicted octanol–water partition coefficient (Wildman–Crippen LogP) is -0.202. The van der Waals surface area contributed by atoms with Crippen molar-refractivity contribution in [3.05, 3.63) is 24.2 Å². The fourth-order valence-electron chi connectivity index (χ4n) is 7.24. The highest BCUT2D eigenvalue weighted by Crippen LogP contribution is 2.60. The van der Waals surface area contributed by atoms with Crippen molar-refractivity contribution in [3.8, 4) is 0 Å². The molecule has 2 saturated carbocycles. The van der Waals surface area contributed by atoms with E-state index < -0.39 is 84.9 Å². The van der Waals surface area contributed by atoms with Gasteiger partial charge >= 0.3 is 11.9 Å². The number of carbonyl (C=O) groups excluding carboxylic acids is 2. The smallest absolute Gasteiger partial charge is 0.310 e. The van der Waals surface area contributed by atoms with E-state index >= 15 is 0 Å². The first kappa shape index (κ1) is 27.5. The molecule has 12 heteroatoms. The van der Waals surface area contributed by atoms with Crippen molar-refractivity contribution in [2.24, 2.45) is 23.2 Å². The van der Waals surface area contributed by atoms with E-state index in [0.29, 0.717) is 24.8 Å². The normalized spacial score (nSPS) is 47.0. The molecular formula is C26H36O12. The van der Waals surface area contributed by atoms with Gasteiger partial charge in [-0.2, -0.15) is 0 Å². The summed E-state index contributed by atoms with van der Waals surface area (Å²) >= 11 is 0. The maximum absolute atomic E-state index is 13.2. The molecule has 4 aliphatic rings. The van der Waals surface area contributed by atoms with Crippen LogP contribution in [0.15, 0.2) is 23.0 Å². The van der Waals surface area contributed by atoms with Crippen LogP contribution in [-0.2, 0) is 28.5 Å². The van der Waals surface area contributed by atoms with E-state index in [1.54, 1.807) is 6.07 Å². The third kappa shape index (κ3) is 4.66. The van der Waals surface area contributed by atoms with Crippen LogP contribution in [0.4, 0.5) is 0 Å². The average molecular weight is 541 g/mol. The van der Waals surface area contributed by atoms with Crippen molar-refractivity contribution in [2.75, 3.05) is 6.61 Å². The summed E-state index contributed by atoms with van der Waals surface area (Å²) in [6, 6.07) is 1.73. The molecule has 0 unspecified atom stereocenters. The van der Waals surface area contributed by atoms with Crippen molar-refractivity contribution in [1.82, 2.24) is 0 Å². The van der Waals surface area contributed by atoms with E-state index in [4.69, 9.17) is 23.4 Å². The first-order valence-electron chi connectivity index (χ1n) is 13.1. The summed E-state index contributed by atoms with van der Waals surface area (Å²) in [4.78, 5) is 25.3. The van der Waals surface area contributed by atoms with E-state index in [0.717, 1.165) is 0 Å². The molecule has 0 radical (unpaired) electrons. The molecule has 1 aromatic heterocycles. The Labute approximate surface area is 219 Å². The Kier molecular flexibility index (Phi) is 7.59. The molecule has 2 aliphatic heterocycles. The van der Waals surface area contributed by atoms with Gasteiger partial charge in [0.25, 0.3) is 0 Å². The molecule has 5 N–H and O–H groups in total. The molecule has 3 heterocycles. The fourth-order valence-corrected chi connectivity index (χ4v) is 7.24. The number of furan rings is 1. The van der Waals surface area contributed by atoms with Crippen LogP contribution in [0.3, 0.4) is 0 Å². The van der Waals surface area contributed by atoms with Gasteiger partial charge in [0.15, 0.2) is 6.29 Å². The predicted molar refractivity (Wildman–Crippen MR) is 125 cm³/mol. The zero-order chi connectivity index (χ0) is 27.4. The topological polar surface area (TPSA) is 185 Å². The Hall–Kier alpha value is -2.06. The number of hydrogen-bond donors (Lipinski definition) is 5. The van der Waals surface area contributed by atoms with Gasteiger partial charge in [-0.15, -0.1) is 0 Å². The minimum absolute atomic E-state index is 0.0461. The van der Waals surface area contributed by atoms with Crippen LogP contribution in [0.1, 0.15) is 51.2 Å². The van der Waals surface area contributed by atoms with Gasteiger partial charge in [0.05, 0.1) is 37.3 Å². The number of aliphatic hydroxyl groups is 5. The summed E-state index contributed by atoms with van der Waals surface area (Å²) in [7, 11) is 0. The van der Waals surface area contributed by atoms with Crippen molar-refractivity contribution in [1.29, 1.82) is 0 Å². The lowest BCUT2D eigenvalue weighted by Gasteiger charge is -2.59. The highest BCUT2D eigenvalue weighted by Gasteiger charge is 2.63. The lowest BCUT2D eigenvalue weighted by molar-refractivity contribution is -0.328. The minimum Gasteiger partial charge on any atom is -0.472 e. The summed E-state index contributed by atoms with van der Waals surface area (Å²) < 4.78 is 28.4. The van der Waals surface area contributed by atoms with Gasteiger partial charge in [-0.25, -0.2) is 0 Å². The summed E-state index contributed by atoms with van der Waals surface area (Å²) in [5, 5.41) is 51.7. The number of rotatable bonds is 5. The van der Waals surface area contributed by atoms with E-state index in [9.17, 15) is 35.1 Å². The van der Waals surface area contributed by atoms with Gasteiger partial charge in [-0.1, -0.05) is 6.92 Å². The van der Waals surface area contributed by atoms with Gasteiger partial charge in [-0.05, 0) is 36.7 Å². The second-order valence-corrected chi connectivity index (χ2v) is 11.3. The molecule has 2 aliphatic carbocycles. The molecule has 5 rings (SSSR count). The van der Waals surface area contributed by atoms with E-state index in [1.807, 2.05) is 6.92 Å². The van der Waals surface area contributed by atoms with Gasteiger partial charge < -0.3 is 48.9 Å². The standard InChI is InChI=1S/C26H36O12/c1-11(28)35-23-15(29)7-16(37-25-22(32)21(31)20(30)18(9-27)38-25)13-3-4-14-24(33)36-17(12-5-6-34-10-12)8-26(14,2)19(13)23/h5-6,10,13-23,25,27,29-32H,3-4,7-9H2,1-2H3/t13-,14-,15-,16-,17+,18+,19-,20+,21-,22+,23+,25-,26-/m0/s1. The average Bonchev–Trinajstić information content (AvgIpc) is 3.41. The maximum Gasteiger partial charge on any atom is 0.310 e. The van der Waals surface area contributed by atoms with Crippen LogP contribution in [0.25, 0.3) is 0 Å². The number of ether oxygens (including phenoxy) is 4. The molecule has 4 fully saturated rings. The van der Waals surface area contributed by atoms with Crippen LogP contribution >= 0.6 is 0 Å². The van der Waals surface area contributed by atoms with Crippen molar-refractivity contribution >= 4 is 11.9 Å². The quantitative estimate of drug-likeness (QED) is 0.310. The van der Waals surface area contributed by atoms with Crippen LogP contribution in [0, 0.1) is 23.2 Å². The van der Waals surface area contributed by atoms with Crippen LogP contribution in [0.5, 0.6) is 0 Å². The van der Waals surface area contributed by atoms with Gasteiger partial charge in [0.2, 0.25) is 0 Å². The van der Waals surface area contributed by atoms with Gasteiger partial charge in [0.1, 0.15) is 36.6 Å². The number of cyclic esters (lactones) is 1. The Morgan fingerprint density at radius 1 is 1.16 bits per heavy atom. The van der Waals surface area contributed by atoms with Gasteiger partial charge in [0, 0.05) is 24.8 Å². The Bertz CT molecular complexity index is 996. The van der Waals surface area contributed by atoms with Gasteiger partial charge in [-0.3, -0.25) is 9.59 Å². The lowest BCUT2D eigenvalue weighted by Crippen LogP contribution is -2.65. The second kappa shape index (κ2) is 10.5. The Morgan fingerprint density at radius 3 is 2.58 bits per heavy atom. The molecule has 12 nitrogen and oxygen atoms in total. The first-order chi connectivity index (χ1) is 18.0. The molecule has 1 aromatic rings. The summed E-state index contributed by atoms with van der Waals surface area (Å²) in [5.41, 5.74) is -0.0479. The Balaban J connectivity index is 1.47. The SMILES string of the molecule is CC(=O)O[C@H]1[C@@H]2[C@@H](CC[C@H]3C(=O)O[C@@H](c4ccoc4)C[C@]23C)[C@@H](O[C@H]2O[C@H](CO)[C@@H](O)[C@H](O)[C@H]2O)C[C@@H]1O. The monoisotopic (exact) mass is 540 g/mol. The summed E-state index contributed by atoms with van der Waals surface area (Å²) in [5.74, 6) is -2.24. The fraction of sp³-hybridized carbons (Fsp3) is 0.769.